The van der Waals surface area contributed by atoms with Crippen LogP contribution in [0.2, 0.25) is 0 Å². The van der Waals surface area contributed by atoms with Crippen LogP contribution in [0.15, 0.2) is 51.9 Å². The van der Waals surface area contributed by atoms with Gasteiger partial charge in [-0.25, -0.2) is 9.37 Å². The number of amides is 1. The normalized spacial score (nSPS) is 11.0. The third kappa shape index (κ3) is 3.99. The molecule has 0 spiro atoms. The SMILES string of the molecule is Cc1noc(CSc2ccccc2C(=O)Nc2nc3ccc(F)cc3s2)n1. The maximum absolute atomic E-state index is 13.3. The van der Waals surface area contributed by atoms with Gasteiger partial charge < -0.3 is 4.52 Å². The number of halogens is 1. The molecule has 2 aromatic carbocycles. The van der Waals surface area contributed by atoms with Crippen molar-refractivity contribution in [2.75, 3.05) is 5.32 Å². The van der Waals surface area contributed by atoms with Crippen molar-refractivity contribution in [2.24, 2.45) is 0 Å². The second kappa shape index (κ2) is 7.45. The summed E-state index contributed by atoms with van der Waals surface area (Å²) in [6.45, 7) is 1.75. The van der Waals surface area contributed by atoms with Crippen LogP contribution in [0, 0.1) is 12.7 Å². The Labute approximate surface area is 161 Å². The second-order valence-electron chi connectivity index (χ2n) is 5.61. The van der Waals surface area contributed by atoms with Gasteiger partial charge in [-0.15, -0.1) is 11.8 Å². The van der Waals surface area contributed by atoms with Gasteiger partial charge in [-0.05, 0) is 37.3 Å². The van der Waals surface area contributed by atoms with Crippen LogP contribution in [0.1, 0.15) is 22.1 Å². The molecule has 27 heavy (non-hydrogen) atoms. The molecule has 2 aromatic heterocycles. The summed E-state index contributed by atoms with van der Waals surface area (Å²) in [5.41, 5.74) is 1.16. The Bertz CT molecular complexity index is 1130. The molecule has 9 heteroatoms. The Kier molecular flexibility index (Phi) is 4.87. The average molecular weight is 400 g/mol. The number of aromatic nitrogens is 3. The molecule has 6 nitrogen and oxygen atoms in total. The van der Waals surface area contributed by atoms with E-state index in [0.717, 1.165) is 4.90 Å². The molecular weight excluding hydrogens is 387 g/mol. The van der Waals surface area contributed by atoms with Crippen molar-refractivity contribution in [3.63, 3.8) is 0 Å². The molecule has 0 bridgehead atoms. The number of nitrogens with zero attached hydrogens (tertiary/aromatic N) is 3. The molecule has 0 atom stereocenters. The summed E-state index contributed by atoms with van der Waals surface area (Å²) in [6, 6.07) is 11.6. The van der Waals surface area contributed by atoms with E-state index in [1.54, 1.807) is 25.1 Å². The highest BCUT2D eigenvalue weighted by Gasteiger charge is 2.15. The van der Waals surface area contributed by atoms with Gasteiger partial charge in [-0.3, -0.25) is 10.1 Å². The van der Waals surface area contributed by atoms with Gasteiger partial charge in [-0.2, -0.15) is 4.98 Å². The summed E-state index contributed by atoms with van der Waals surface area (Å²) < 4.78 is 19.1. The van der Waals surface area contributed by atoms with Crippen molar-refractivity contribution in [2.45, 2.75) is 17.6 Å². The summed E-state index contributed by atoms with van der Waals surface area (Å²) in [5.74, 6) is 0.928. The summed E-state index contributed by atoms with van der Waals surface area (Å²) in [6.07, 6.45) is 0. The summed E-state index contributed by atoms with van der Waals surface area (Å²) in [5, 5.41) is 6.97. The first kappa shape index (κ1) is 17.6. The molecule has 0 unspecified atom stereocenters. The lowest BCUT2D eigenvalue weighted by molar-refractivity contribution is 0.102. The predicted octanol–water partition coefficient (Wildman–Crippen LogP) is 4.67. The summed E-state index contributed by atoms with van der Waals surface area (Å²) >= 11 is 2.67. The zero-order chi connectivity index (χ0) is 18.8. The number of carbonyl (C=O) groups excluding carboxylic acids is 1. The standard InChI is InChI=1S/C18H13FN4O2S2/c1-10-20-16(25-23-10)9-26-14-5-3-2-4-12(14)17(24)22-18-21-13-7-6-11(19)8-15(13)27-18/h2-8H,9H2,1H3,(H,21,22,24). The second-order valence-corrected chi connectivity index (χ2v) is 7.65. The lowest BCUT2D eigenvalue weighted by Gasteiger charge is -2.07. The van der Waals surface area contributed by atoms with Gasteiger partial charge in [0.05, 0.1) is 21.5 Å². The third-order valence-electron chi connectivity index (χ3n) is 3.62. The van der Waals surface area contributed by atoms with Crippen LogP contribution in [0.3, 0.4) is 0 Å². The number of thioether (sulfide) groups is 1. The topological polar surface area (TPSA) is 80.9 Å². The Balaban J connectivity index is 1.52. The Morgan fingerprint density at radius 1 is 1.26 bits per heavy atom. The molecule has 1 amide bonds. The maximum Gasteiger partial charge on any atom is 0.258 e. The van der Waals surface area contributed by atoms with Gasteiger partial charge in [0.2, 0.25) is 5.89 Å². The minimum absolute atomic E-state index is 0.278. The zero-order valence-corrected chi connectivity index (χ0v) is 15.7. The average Bonchev–Trinajstić information content (AvgIpc) is 3.25. The minimum atomic E-state index is -0.331. The van der Waals surface area contributed by atoms with Crippen LogP contribution in [-0.4, -0.2) is 21.0 Å². The molecule has 136 valence electrons. The number of thiazole rings is 1. The molecule has 0 fully saturated rings. The van der Waals surface area contributed by atoms with E-state index in [0.29, 0.717) is 38.4 Å². The van der Waals surface area contributed by atoms with Gasteiger partial charge >= 0.3 is 0 Å². The smallest absolute Gasteiger partial charge is 0.258 e. The third-order valence-corrected chi connectivity index (χ3v) is 5.62. The molecular formula is C18H13FN4O2S2. The Hall–Kier alpha value is -2.78. The number of hydrogen-bond acceptors (Lipinski definition) is 7. The Morgan fingerprint density at radius 2 is 2.11 bits per heavy atom. The maximum atomic E-state index is 13.3. The summed E-state index contributed by atoms with van der Waals surface area (Å²) in [4.78, 5) is 22.0. The molecule has 0 aliphatic heterocycles. The van der Waals surface area contributed by atoms with Crippen LogP contribution >= 0.6 is 23.1 Å². The van der Waals surface area contributed by atoms with Crippen molar-refractivity contribution >= 4 is 44.4 Å². The number of aryl methyl sites for hydroxylation is 1. The first-order valence-electron chi connectivity index (χ1n) is 7.97. The van der Waals surface area contributed by atoms with E-state index in [9.17, 15) is 9.18 Å². The number of nitrogens with one attached hydrogen (secondary N) is 1. The van der Waals surface area contributed by atoms with Gasteiger partial charge in [0, 0.05) is 4.90 Å². The van der Waals surface area contributed by atoms with Gasteiger partial charge in [0.1, 0.15) is 5.82 Å². The van der Waals surface area contributed by atoms with Gasteiger partial charge in [-0.1, -0.05) is 28.6 Å². The highest BCUT2D eigenvalue weighted by molar-refractivity contribution is 7.98. The van der Waals surface area contributed by atoms with Crippen molar-refractivity contribution in [3.05, 3.63) is 65.6 Å². The molecule has 1 N–H and O–H groups in total. The van der Waals surface area contributed by atoms with E-state index < -0.39 is 0 Å². The Morgan fingerprint density at radius 3 is 2.93 bits per heavy atom. The molecule has 0 aliphatic rings. The van der Waals surface area contributed by atoms with Crippen LogP contribution in [0.5, 0.6) is 0 Å². The molecule has 2 heterocycles. The first-order chi connectivity index (χ1) is 13.1. The fourth-order valence-corrected chi connectivity index (χ4v) is 4.21. The van der Waals surface area contributed by atoms with Gasteiger partial charge in [0.15, 0.2) is 11.0 Å². The summed E-state index contributed by atoms with van der Waals surface area (Å²) in [7, 11) is 0. The van der Waals surface area contributed by atoms with E-state index in [1.165, 1.54) is 35.2 Å². The molecule has 0 saturated heterocycles. The number of hydrogen-bond donors (Lipinski definition) is 1. The molecule has 0 aliphatic carbocycles. The van der Waals surface area contributed by atoms with Crippen molar-refractivity contribution < 1.29 is 13.7 Å². The number of anilines is 1. The number of benzene rings is 2. The lowest BCUT2D eigenvalue weighted by atomic mass is 10.2. The van der Waals surface area contributed by atoms with Crippen molar-refractivity contribution in [1.29, 1.82) is 0 Å². The van der Waals surface area contributed by atoms with Crippen molar-refractivity contribution in [1.82, 2.24) is 15.1 Å². The van der Waals surface area contributed by atoms with E-state index in [-0.39, 0.29) is 11.7 Å². The van der Waals surface area contributed by atoms with Gasteiger partial charge in [0.25, 0.3) is 5.91 Å². The highest BCUT2D eigenvalue weighted by Crippen LogP contribution is 2.29. The van der Waals surface area contributed by atoms with Crippen LogP contribution in [0.4, 0.5) is 9.52 Å². The highest BCUT2D eigenvalue weighted by atomic mass is 32.2. The van der Waals surface area contributed by atoms with E-state index in [1.807, 2.05) is 12.1 Å². The van der Waals surface area contributed by atoms with Crippen LogP contribution in [-0.2, 0) is 5.75 Å². The van der Waals surface area contributed by atoms with E-state index in [2.05, 4.69) is 20.4 Å². The van der Waals surface area contributed by atoms with E-state index >= 15 is 0 Å². The fourth-order valence-electron chi connectivity index (χ4n) is 2.43. The fraction of sp³-hybridized carbons (Fsp3) is 0.111. The number of rotatable bonds is 5. The zero-order valence-electron chi connectivity index (χ0n) is 14.1. The molecule has 0 radical (unpaired) electrons. The monoisotopic (exact) mass is 400 g/mol. The largest absolute Gasteiger partial charge is 0.338 e. The molecule has 0 saturated carbocycles. The number of carbonyl (C=O) groups is 1. The molecule has 4 rings (SSSR count). The first-order valence-corrected chi connectivity index (χ1v) is 9.77. The lowest BCUT2D eigenvalue weighted by Crippen LogP contribution is -2.12. The van der Waals surface area contributed by atoms with Crippen LogP contribution in [0.25, 0.3) is 10.2 Å². The quantitative estimate of drug-likeness (QED) is 0.490. The van der Waals surface area contributed by atoms with Crippen molar-refractivity contribution in [3.8, 4) is 0 Å². The number of fused-ring (bicyclic) bond motifs is 1. The molecule has 4 aromatic rings. The predicted molar refractivity (Wildman–Crippen MR) is 103 cm³/mol. The van der Waals surface area contributed by atoms with E-state index in [4.69, 9.17) is 4.52 Å². The van der Waals surface area contributed by atoms with Crippen LogP contribution < -0.4 is 5.32 Å². The minimum Gasteiger partial charge on any atom is -0.338 e.